The second-order valence-corrected chi connectivity index (χ2v) is 17.6. The van der Waals surface area contributed by atoms with Gasteiger partial charge in [-0.25, -0.2) is 0 Å². The van der Waals surface area contributed by atoms with Gasteiger partial charge in [-0.2, -0.15) is 0 Å². The number of hydrogen-bond acceptors (Lipinski definition) is 5. The van der Waals surface area contributed by atoms with Crippen molar-refractivity contribution in [1.29, 1.82) is 0 Å². The lowest BCUT2D eigenvalue weighted by Crippen LogP contribution is -2.67. The smallest absolute Gasteiger partial charge is 0.322 e. The Kier molecular flexibility index (Phi) is 7.11. The van der Waals surface area contributed by atoms with Crippen molar-refractivity contribution in [2.45, 2.75) is 94.7 Å². The molecule has 2 saturated carbocycles. The van der Waals surface area contributed by atoms with Gasteiger partial charge in [0.05, 0.1) is 13.2 Å². The van der Waals surface area contributed by atoms with E-state index in [1.54, 1.807) is 11.8 Å². The fourth-order valence-electron chi connectivity index (χ4n) is 5.44. The number of esters is 1. The zero-order chi connectivity index (χ0) is 23.9. The molecule has 4 atom stereocenters. The van der Waals surface area contributed by atoms with Crippen LogP contribution in [0.3, 0.4) is 0 Å². The van der Waals surface area contributed by atoms with Crippen molar-refractivity contribution in [3.63, 3.8) is 0 Å². The van der Waals surface area contributed by atoms with Gasteiger partial charge in [0.15, 0.2) is 19.5 Å². The molecule has 0 aromatic heterocycles. The molecule has 0 bridgehead atoms. The summed E-state index contributed by atoms with van der Waals surface area (Å²) in [6, 6.07) is 10.3. The standard InChI is InChI=1S/C26H40O4SSi/c1-24(2,3)32(7,8)30-21-16-12-15-19-25(4,5)22(31-18-13-10-9-11-14-18)17-20(27)26(19,21)23(28)29-6/h9-11,13-14,19,21-22H,12,15-17H2,1-8H3/t19-,21-,22-,26+/m1/s1. The van der Waals surface area contributed by atoms with Crippen LogP contribution in [0.5, 0.6) is 0 Å². The highest BCUT2D eigenvalue weighted by Crippen LogP contribution is 2.61. The highest BCUT2D eigenvalue weighted by molar-refractivity contribution is 8.00. The van der Waals surface area contributed by atoms with Gasteiger partial charge >= 0.3 is 5.97 Å². The molecule has 1 aromatic carbocycles. The maximum atomic E-state index is 14.0. The first-order chi connectivity index (χ1) is 14.8. The summed E-state index contributed by atoms with van der Waals surface area (Å²) in [5, 5.41) is 0.0997. The van der Waals surface area contributed by atoms with Crippen molar-refractivity contribution in [2.75, 3.05) is 7.11 Å². The summed E-state index contributed by atoms with van der Waals surface area (Å²) in [6.07, 6.45) is 2.48. The van der Waals surface area contributed by atoms with Crippen molar-refractivity contribution in [2.24, 2.45) is 16.7 Å². The molecule has 0 spiro atoms. The van der Waals surface area contributed by atoms with Crippen molar-refractivity contribution in [3.8, 4) is 0 Å². The predicted molar refractivity (Wildman–Crippen MR) is 133 cm³/mol. The Bertz CT molecular complexity index is 845. The molecular formula is C26H40O4SSi. The summed E-state index contributed by atoms with van der Waals surface area (Å²) in [5.74, 6) is -0.494. The zero-order valence-electron chi connectivity index (χ0n) is 21.0. The normalized spacial score (nSPS) is 30.5. The molecule has 0 radical (unpaired) electrons. The number of rotatable bonds is 5. The average Bonchev–Trinajstić information content (AvgIpc) is 2.71. The van der Waals surface area contributed by atoms with Gasteiger partial charge in [-0.15, -0.1) is 11.8 Å². The summed E-state index contributed by atoms with van der Waals surface area (Å²) in [4.78, 5) is 28.7. The van der Waals surface area contributed by atoms with Gasteiger partial charge in [-0.1, -0.05) is 59.2 Å². The fourth-order valence-corrected chi connectivity index (χ4v) is 8.16. The molecule has 6 heteroatoms. The van der Waals surface area contributed by atoms with Crippen LogP contribution in [0.4, 0.5) is 0 Å². The molecule has 0 amide bonds. The Morgan fingerprint density at radius 1 is 1.12 bits per heavy atom. The molecule has 178 valence electrons. The maximum absolute atomic E-state index is 14.0. The second kappa shape index (κ2) is 8.92. The molecule has 4 nitrogen and oxygen atoms in total. The van der Waals surface area contributed by atoms with E-state index >= 15 is 0 Å². The topological polar surface area (TPSA) is 52.6 Å². The number of fused-ring (bicyclic) bond motifs is 1. The number of benzene rings is 1. The molecule has 32 heavy (non-hydrogen) atoms. The Balaban J connectivity index is 2.04. The number of ketones is 1. The lowest BCUT2D eigenvalue weighted by Gasteiger charge is -2.58. The number of hydrogen-bond donors (Lipinski definition) is 0. The Morgan fingerprint density at radius 3 is 2.31 bits per heavy atom. The van der Waals surface area contributed by atoms with Crippen LogP contribution in [-0.4, -0.2) is 38.5 Å². The Hall–Kier alpha value is -1.11. The van der Waals surface area contributed by atoms with Crippen LogP contribution in [0.1, 0.15) is 60.3 Å². The molecule has 0 aliphatic heterocycles. The summed E-state index contributed by atoms with van der Waals surface area (Å²) in [6.45, 7) is 15.5. The Labute approximate surface area is 199 Å². The molecule has 3 rings (SSSR count). The highest BCUT2D eigenvalue weighted by atomic mass is 32.2. The lowest BCUT2D eigenvalue weighted by molar-refractivity contribution is -0.187. The quantitative estimate of drug-likeness (QED) is 0.276. The summed E-state index contributed by atoms with van der Waals surface area (Å²) in [5.41, 5.74) is -1.43. The first-order valence-corrected chi connectivity index (χ1v) is 15.6. The third-order valence-corrected chi connectivity index (χ3v) is 14.5. The minimum Gasteiger partial charge on any atom is -0.468 e. The van der Waals surface area contributed by atoms with Gasteiger partial charge in [0.2, 0.25) is 0 Å². The van der Waals surface area contributed by atoms with Gasteiger partial charge in [-0.3, -0.25) is 9.59 Å². The van der Waals surface area contributed by atoms with Gasteiger partial charge in [0, 0.05) is 16.6 Å². The number of thioether (sulfide) groups is 1. The first kappa shape index (κ1) is 25.5. The van der Waals surface area contributed by atoms with Crippen molar-refractivity contribution in [3.05, 3.63) is 30.3 Å². The minimum absolute atomic E-state index is 0.00379. The number of carbonyl (C=O) groups is 2. The van der Waals surface area contributed by atoms with E-state index in [0.29, 0.717) is 6.42 Å². The third kappa shape index (κ3) is 4.23. The molecule has 2 fully saturated rings. The van der Waals surface area contributed by atoms with Crippen molar-refractivity contribution < 1.29 is 18.8 Å². The lowest BCUT2D eigenvalue weighted by atomic mass is 9.49. The Morgan fingerprint density at radius 2 is 1.75 bits per heavy atom. The number of carbonyl (C=O) groups excluding carboxylic acids is 2. The predicted octanol–water partition coefficient (Wildman–Crippen LogP) is 6.50. The van der Waals surface area contributed by atoms with Crippen LogP contribution < -0.4 is 0 Å². The van der Waals surface area contributed by atoms with Crippen LogP contribution in [0.25, 0.3) is 0 Å². The molecule has 2 aliphatic carbocycles. The molecule has 1 aromatic rings. The summed E-state index contributed by atoms with van der Waals surface area (Å²) >= 11 is 1.76. The van der Waals surface area contributed by atoms with Crippen LogP contribution in [-0.2, 0) is 18.8 Å². The molecular weight excluding hydrogens is 436 g/mol. The van der Waals surface area contributed by atoms with Gasteiger partial charge < -0.3 is 9.16 Å². The van der Waals surface area contributed by atoms with E-state index < -0.39 is 25.8 Å². The molecule has 2 aliphatic rings. The van der Waals surface area contributed by atoms with E-state index in [1.807, 2.05) is 18.2 Å². The fraction of sp³-hybridized carbons (Fsp3) is 0.692. The van der Waals surface area contributed by atoms with Crippen molar-refractivity contribution >= 4 is 31.8 Å². The number of ether oxygens (including phenoxy) is 1. The van der Waals surface area contributed by atoms with E-state index in [-0.39, 0.29) is 27.4 Å². The molecule has 0 N–H and O–H groups in total. The van der Waals surface area contributed by atoms with E-state index in [4.69, 9.17) is 9.16 Å². The SMILES string of the molecule is COC(=O)[C@]12C(=O)C[C@@H](Sc3ccccc3)C(C)(C)[C@H]1CCC[C@H]2O[Si](C)(C)C(C)(C)C. The van der Waals surface area contributed by atoms with E-state index in [0.717, 1.165) is 24.2 Å². The van der Waals surface area contributed by atoms with E-state index in [2.05, 4.69) is 59.8 Å². The van der Waals surface area contributed by atoms with Crippen molar-refractivity contribution in [1.82, 2.24) is 0 Å². The van der Waals surface area contributed by atoms with Crippen LogP contribution in [0.15, 0.2) is 35.2 Å². The monoisotopic (exact) mass is 476 g/mol. The maximum Gasteiger partial charge on any atom is 0.322 e. The van der Waals surface area contributed by atoms with E-state index in [9.17, 15) is 9.59 Å². The molecule has 0 unspecified atom stereocenters. The summed E-state index contributed by atoms with van der Waals surface area (Å²) < 4.78 is 12.2. The number of Topliss-reactive ketones (excluding diaryl/α,β-unsaturated/α-hetero) is 1. The van der Waals surface area contributed by atoms with Gasteiger partial charge in [0.1, 0.15) is 0 Å². The highest BCUT2D eigenvalue weighted by Gasteiger charge is 2.68. The number of methoxy groups -OCH3 is 1. The second-order valence-electron chi connectivity index (χ2n) is 11.6. The van der Waals surface area contributed by atoms with Crippen LogP contribution in [0.2, 0.25) is 18.1 Å². The third-order valence-electron chi connectivity index (χ3n) is 8.36. The van der Waals surface area contributed by atoms with Crippen LogP contribution in [0, 0.1) is 16.7 Å². The van der Waals surface area contributed by atoms with Crippen LogP contribution >= 0.6 is 11.8 Å². The van der Waals surface area contributed by atoms with Gasteiger partial charge in [-0.05, 0) is 54.4 Å². The average molecular weight is 477 g/mol. The molecule has 0 heterocycles. The zero-order valence-corrected chi connectivity index (χ0v) is 22.8. The molecule has 0 saturated heterocycles. The minimum atomic E-state index is -2.19. The summed E-state index contributed by atoms with van der Waals surface area (Å²) in [7, 11) is -0.779. The first-order valence-electron chi connectivity index (χ1n) is 11.8. The van der Waals surface area contributed by atoms with E-state index in [1.165, 1.54) is 7.11 Å². The van der Waals surface area contributed by atoms with Gasteiger partial charge in [0.25, 0.3) is 0 Å². The largest absolute Gasteiger partial charge is 0.468 e.